The highest BCUT2D eigenvalue weighted by atomic mass is 16.3. The lowest BCUT2D eigenvalue weighted by molar-refractivity contribution is 0.617. The summed E-state index contributed by atoms with van der Waals surface area (Å²) >= 11 is 0. The van der Waals surface area contributed by atoms with Crippen LogP contribution in [0.1, 0.15) is 0 Å². The summed E-state index contributed by atoms with van der Waals surface area (Å²) in [4.78, 5) is 9.61. The normalized spacial score (nSPS) is 11.6. The zero-order valence-corrected chi connectivity index (χ0v) is 17.7. The number of para-hydroxylation sites is 2. The second kappa shape index (κ2) is 7.01. The Morgan fingerprint density at radius 3 is 2.15 bits per heavy atom. The number of benzene rings is 5. The van der Waals surface area contributed by atoms with Gasteiger partial charge in [-0.3, -0.25) is 0 Å². The first-order valence-electron chi connectivity index (χ1n) is 11.0. The Hall–Kier alpha value is -4.50. The van der Waals surface area contributed by atoms with Gasteiger partial charge in [0.2, 0.25) is 5.89 Å². The van der Waals surface area contributed by atoms with Crippen LogP contribution < -0.4 is 0 Å². The van der Waals surface area contributed by atoms with Crippen molar-refractivity contribution in [3.05, 3.63) is 109 Å². The van der Waals surface area contributed by atoms with E-state index in [4.69, 9.17) is 9.40 Å². The van der Waals surface area contributed by atoms with Crippen LogP contribution >= 0.6 is 0 Å². The molecule has 33 heavy (non-hydrogen) atoms. The SMILES string of the molecule is c1cc(-c2nc3ccccc3o2)nc(-c2cc3ccc4ccccc4c3c3ccccc23)c1. The van der Waals surface area contributed by atoms with Crippen molar-refractivity contribution in [2.45, 2.75) is 0 Å². The highest BCUT2D eigenvalue weighted by molar-refractivity contribution is 6.23. The molecule has 0 spiro atoms. The van der Waals surface area contributed by atoms with Gasteiger partial charge in [-0.2, -0.15) is 0 Å². The second-order valence-corrected chi connectivity index (χ2v) is 8.25. The minimum atomic E-state index is 0.536. The molecule has 0 unspecified atom stereocenters. The highest BCUT2D eigenvalue weighted by Gasteiger charge is 2.14. The van der Waals surface area contributed by atoms with E-state index in [1.165, 1.54) is 32.3 Å². The lowest BCUT2D eigenvalue weighted by atomic mass is 9.92. The van der Waals surface area contributed by atoms with Gasteiger partial charge in [0.1, 0.15) is 11.2 Å². The van der Waals surface area contributed by atoms with Crippen LogP contribution in [-0.2, 0) is 0 Å². The van der Waals surface area contributed by atoms with Gasteiger partial charge in [-0.25, -0.2) is 9.97 Å². The quantitative estimate of drug-likeness (QED) is 0.265. The Labute approximate surface area is 190 Å². The minimum absolute atomic E-state index is 0.536. The Kier molecular flexibility index (Phi) is 3.84. The van der Waals surface area contributed by atoms with Gasteiger partial charge in [0.05, 0.1) is 5.69 Å². The van der Waals surface area contributed by atoms with Gasteiger partial charge < -0.3 is 4.42 Å². The Balaban J connectivity index is 1.49. The van der Waals surface area contributed by atoms with Gasteiger partial charge in [-0.1, -0.05) is 78.9 Å². The lowest BCUT2D eigenvalue weighted by Crippen LogP contribution is -1.91. The summed E-state index contributed by atoms with van der Waals surface area (Å²) in [6.07, 6.45) is 0. The van der Waals surface area contributed by atoms with E-state index in [1.807, 2.05) is 36.4 Å². The number of hydrogen-bond donors (Lipinski definition) is 0. The number of aromatic nitrogens is 2. The highest BCUT2D eigenvalue weighted by Crippen LogP contribution is 2.38. The zero-order valence-electron chi connectivity index (χ0n) is 17.7. The van der Waals surface area contributed by atoms with E-state index in [0.29, 0.717) is 5.89 Å². The van der Waals surface area contributed by atoms with Gasteiger partial charge in [-0.15, -0.1) is 0 Å². The molecule has 0 N–H and O–H groups in total. The maximum atomic E-state index is 5.98. The Morgan fingerprint density at radius 2 is 1.24 bits per heavy atom. The van der Waals surface area contributed by atoms with Crippen LogP contribution in [0, 0.1) is 0 Å². The number of hydrogen-bond acceptors (Lipinski definition) is 3. The van der Waals surface area contributed by atoms with Crippen molar-refractivity contribution >= 4 is 43.4 Å². The van der Waals surface area contributed by atoms with Crippen molar-refractivity contribution in [2.75, 3.05) is 0 Å². The molecule has 0 aliphatic rings. The predicted molar refractivity (Wildman–Crippen MR) is 135 cm³/mol. The van der Waals surface area contributed by atoms with E-state index in [2.05, 4.69) is 77.8 Å². The number of rotatable bonds is 2. The molecule has 2 aromatic heterocycles. The number of nitrogens with zero attached hydrogens (tertiary/aromatic N) is 2. The molecule has 0 fully saturated rings. The van der Waals surface area contributed by atoms with Crippen LogP contribution in [0.15, 0.2) is 114 Å². The van der Waals surface area contributed by atoms with Crippen molar-refractivity contribution in [1.29, 1.82) is 0 Å². The van der Waals surface area contributed by atoms with E-state index in [0.717, 1.165) is 28.1 Å². The molecule has 0 saturated carbocycles. The molecular weight excluding hydrogens is 404 g/mol. The molecule has 0 atom stereocenters. The van der Waals surface area contributed by atoms with E-state index < -0.39 is 0 Å². The summed E-state index contributed by atoms with van der Waals surface area (Å²) in [5, 5.41) is 7.42. The average molecular weight is 422 g/mol. The van der Waals surface area contributed by atoms with Gasteiger partial charge in [-0.05, 0) is 62.6 Å². The van der Waals surface area contributed by atoms with E-state index in [1.54, 1.807) is 0 Å². The molecule has 0 aliphatic heterocycles. The third kappa shape index (κ3) is 2.83. The number of fused-ring (bicyclic) bond motifs is 6. The third-order valence-electron chi connectivity index (χ3n) is 6.29. The molecule has 0 amide bonds. The summed E-state index contributed by atoms with van der Waals surface area (Å²) in [5.41, 5.74) is 4.34. The van der Waals surface area contributed by atoms with Crippen molar-refractivity contribution in [2.24, 2.45) is 0 Å². The number of pyridine rings is 1. The van der Waals surface area contributed by atoms with E-state index in [-0.39, 0.29) is 0 Å². The molecule has 0 bridgehead atoms. The molecule has 2 heterocycles. The molecule has 5 aromatic carbocycles. The molecular formula is C30H18N2O. The third-order valence-corrected chi connectivity index (χ3v) is 6.29. The fraction of sp³-hybridized carbons (Fsp3) is 0. The first-order valence-corrected chi connectivity index (χ1v) is 11.0. The summed E-state index contributed by atoms with van der Waals surface area (Å²) in [7, 11) is 0. The maximum Gasteiger partial charge on any atom is 0.246 e. The molecule has 0 aliphatic carbocycles. The van der Waals surface area contributed by atoms with Crippen molar-refractivity contribution in [1.82, 2.24) is 9.97 Å². The molecule has 3 nitrogen and oxygen atoms in total. The second-order valence-electron chi connectivity index (χ2n) is 8.25. The first kappa shape index (κ1) is 18.1. The van der Waals surface area contributed by atoms with E-state index in [9.17, 15) is 0 Å². The predicted octanol–water partition coefficient (Wildman–Crippen LogP) is 8.02. The fourth-order valence-corrected chi connectivity index (χ4v) is 4.78. The van der Waals surface area contributed by atoms with Gasteiger partial charge in [0.15, 0.2) is 5.58 Å². The van der Waals surface area contributed by atoms with Crippen LogP contribution in [-0.4, -0.2) is 9.97 Å². The van der Waals surface area contributed by atoms with Crippen LogP contribution in [0.2, 0.25) is 0 Å². The molecule has 154 valence electrons. The lowest BCUT2D eigenvalue weighted by Gasteiger charge is -2.13. The van der Waals surface area contributed by atoms with Gasteiger partial charge in [0, 0.05) is 5.56 Å². The monoisotopic (exact) mass is 422 g/mol. The summed E-state index contributed by atoms with van der Waals surface area (Å²) in [5.74, 6) is 0.536. The Morgan fingerprint density at radius 1 is 0.515 bits per heavy atom. The molecule has 0 saturated heterocycles. The van der Waals surface area contributed by atoms with Crippen LogP contribution in [0.4, 0.5) is 0 Å². The largest absolute Gasteiger partial charge is 0.435 e. The molecule has 7 aromatic rings. The minimum Gasteiger partial charge on any atom is -0.435 e. The smallest absolute Gasteiger partial charge is 0.246 e. The van der Waals surface area contributed by atoms with Crippen molar-refractivity contribution in [3.63, 3.8) is 0 Å². The van der Waals surface area contributed by atoms with E-state index >= 15 is 0 Å². The topological polar surface area (TPSA) is 38.9 Å². The maximum absolute atomic E-state index is 5.98. The van der Waals surface area contributed by atoms with Gasteiger partial charge in [0.25, 0.3) is 0 Å². The van der Waals surface area contributed by atoms with Crippen LogP contribution in [0.3, 0.4) is 0 Å². The summed E-state index contributed by atoms with van der Waals surface area (Å²) in [6.45, 7) is 0. The fourth-order valence-electron chi connectivity index (χ4n) is 4.78. The average Bonchev–Trinajstić information content (AvgIpc) is 3.32. The summed E-state index contributed by atoms with van der Waals surface area (Å²) in [6, 6.07) is 37.6. The van der Waals surface area contributed by atoms with Crippen LogP contribution in [0.5, 0.6) is 0 Å². The van der Waals surface area contributed by atoms with Gasteiger partial charge >= 0.3 is 0 Å². The van der Waals surface area contributed by atoms with Crippen LogP contribution in [0.25, 0.3) is 66.3 Å². The first-order chi connectivity index (χ1) is 16.3. The molecule has 0 radical (unpaired) electrons. The number of oxazole rings is 1. The molecule has 3 heteroatoms. The Bertz CT molecular complexity index is 1800. The molecule has 7 rings (SSSR count). The summed E-state index contributed by atoms with van der Waals surface area (Å²) < 4.78 is 5.98. The zero-order chi connectivity index (χ0) is 21.8. The standard InChI is InChI=1S/C30H18N2O/c1-2-9-21-19(8-1)16-17-20-18-24(22-10-3-4-11-23(22)29(20)21)25-13-7-14-27(31-25)30-32-26-12-5-6-15-28(26)33-30/h1-18H. The van der Waals surface area contributed by atoms with Crippen molar-refractivity contribution < 1.29 is 4.42 Å². The van der Waals surface area contributed by atoms with Crippen molar-refractivity contribution in [3.8, 4) is 22.8 Å².